The summed E-state index contributed by atoms with van der Waals surface area (Å²) in [5.41, 5.74) is 1.42. The van der Waals surface area contributed by atoms with Crippen molar-refractivity contribution in [1.29, 1.82) is 0 Å². The fourth-order valence-electron chi connectivity index (χ4n) is 1.80. The highest BCUT2D eigenvalue weighted by molar-refractivity contribution is 7.99. The van der Waals surface area contributed by atoms with Gasteiger partial charge in [0, 0.05) is 25.5 Å². The van der Waals surface area contributed by atoms with Gasteiger partial charge in [0.1, 0.15) is 5.69 Å². The molecule has 1 atom stereocenters. The Morgan fingerprint density at radius 2 is 2.53 bits per heavy atom. The molecule has 4 nitrogen and oxygen atoms in total. The third kappa shape index (κ3) is 3.36. The van der Waals surface area contributed by atoms with E-state index < -0.39 is 0 Å². The van der Waals surface area contributed by atoms with Crippen molar-refractivity contribution in [2.24, 2.45) is 5.92 Å². The quantitative estimate of drug-likeness (QED) is 0.853. The molecule has 5 heteroatoms. The van der Waals surface area contributed by atoms with Gasteiger partial charge in [-0.1, -0.05) is 0 Å². The van der Waals surface area contributed by atoms with E-state index in [1.165, 1.54) is 17.9 Å². The van der Waals surface area contributed by atoms with Gasteiger partial charge < -0.3 is 10.6 Å². The zero-order valence-corrected chi connectivity index (χ0v) is 10.7. The van der Waals surface area contributed by atoms with Crippen molar-refractivity contribution in [1.82, 2.24) is 10.3 Å². The lowest BCUT2D eigenvalue weighted by atomic mass is 10.1. The molecule has 1 saturated heterocycles. The molecule has 1 unspecified atom stereocenters. The SMILES string of the molecule is CNC(=O)c1cc(NCC2CCSC2)ccn1. The van der Waals surface area contributed by atoms with E-state index in [4.69, 9.17) is 0 Å². The molecule has 1 aromatic heterocycles. The van der Waals surface area contributed by atoms with Gasteiger partial charge in [-0.15, -0.1) is 0 Å². The maximum Gasteiger partial charge on any atom is 0.269 e. The first kappa shape index (κ1) is 12.2. The second-order valence-corrected chi connectivity index (χ2v) is 5.27. The van der Waals surface area contributed by atoms with Gasteiger partial charge in [-0.05, 0) is 36.0 Å². The number of anilines is 1. The minimum absolute atomic E-state index is 0.148. The van der Waals surface area contributed by atoms with E-state index in [1.807, 2.05) is 17.8 Å². The summed E-state index contributed by atoms with van der Waals surface area (Å²) in [5, 5.41) is 5.95. The minimum Gasteiger partial charge on any atom is -0.385 e. The topological polar surface area (TPSA) is 54.0 Å². The molecule has 0 bridgehead atoms. The molecule has 1 aliphatic rings. The number of pyridine rings is 1. The van der Waals surface area contributed by atoms with Crippen LogP contribution in [0.2, 0.25) is 0 Å². The van der Waals surface area contributed by atoms with Crippen LogP contribution >= 0.6 is 11.8 Å². The molecule has 1 aromatic rings. The second-order valence-electron chi connectivity index (χ2n) is 4.12. The average molecular weight is 251 g/mol. The lowest BCUT2D eigenvalue weighted by molar-refractivity contribution is 0.0958. The van der Waals surface area contributed by atoms with Crippen LogP contribution in [0.4, 0.5) is 5.69 Å². The van der Waals surface area contributed by atoms with Gasteiger partial charge in [0.25, 0.3) is 5.91 Å². The van der Waals surface area contributed by atoms with Crippen LogP contribution in [0.15, 0.2) is 18.3 Å². The summed E-state index contributed by atoms with van der Waals surface area (Å²) in [5.74, 6) is 3.11. The lowest BCUT2D eigenvalue weighted by Crippen LogP contribution is -2.19. The number of hydrogen-bond donors (Lipinski definition) is 2. The zero-order chi connectivity index (χ0) is 12.1. The van der Waals surface area contributed by atoms with Crippen molar-refractivity contribution in [3.05, 3.63) is 24.0 Å². The molecular formula is C12H17N3OS. The van der Waals surface area contributed by atoms with Crippen LogP contribution in [0.25, 0.3) is 0 Å². The molecule has 0 aromatic carbocycles. The smallest absolute Gasteiger partial charge is 0.269 e. The summed E-state index contributed by atoms with van der Waals surface area (Å²) >= 11 is 2.01. The third-order valence-electron chi connectivity index (χ3n) is 2.84. The van der Waals surface area contributed by atoms with Gasteiger partial charge in [0.2, 0.25) is 0 Å². The van der Waals surface area contributed by atoms with Crippen molar-refractivity contribution in [2.45, 2.75) is 6.42 Å². The summed E-state index contributed by atoms with van der Waals surface area (Å²) < 4.78 is 0. The van der Waals surface area contributed by atoms with Crippen LogP contribution in [-0.2, 0) is 0 Å². The highest BCUT2D eigenvalue weighted by Crippen LogP contribution is 2.23. The average Bonchev–Trinajstić information content (AvgIpc) is 2.89. The van der Waals surface area contributed by atoms with E-state index >= 15 is 0 Å². The minimum atomic E-state index is -0.148. The maximum absolute atomic E-state index is 11.4. The molecule has 0 spiro atoms. The van der Waals surface area contributed by atoms with Crippen LogP contribution in [-0.4, -0.2) is 36.0 Å². The van der Waals surface area contributed by atoms with Gasteiger partial charge in [0.05, 0.1) is 0 Å². The molecule has 92 valence electrons. The number of carbonyl (C=O) groups excluding carboxylic acids is 1. The van der Waals surface area contributed by atoms with Crippen molar-refractivity contribution >= 4 is 23.4 Å². The van der Waals surface area contributed by atoms with Gasteiger partial charge in [-0.2, -0.15) is 11.8 Å². The Morgan fingerprint density at radius 3 is 3.24 bits per heavy atom. The van der Waals surface area contributed by atoms with Crippen molar-refractivity contribution in [2.75, 3.05) is 30.4 Å². The molecule has 2 heterocycles. The van der Waals surface area contributed by atoms with Crippen molar-refractivity contribution in [3.8, 4) is 0 Å². The van der Waals surface area contributed by atoms with Crippen LogP contribution in [0, 0.1) is 5.92 Å². The number of nitrogens with zero attached hydrogens (tertiary/aromatic N) is 1. The Morgan fingerprint density at radius 1 is 1.65 bits per heavy atom. The first-order valence-corrected chi connectivity index (χ1v) is 6.95. The Hall–Kier alpha value is -1.23. The predicted molar refractivity (Wildman–Crippen MR) is 71.5 cm³/mol. The number of aromatic nitrogens is 1. The molecule has 1 fully saturated rings. The molecule has 0 aliphatic carbocycles. The van der Waals surface area contributed by atoms with Gasteiger partial charge in [-0.3, -0.25) is 9.78 Å². The first-order chi connectivity index (χ1) is 8.29. The molecule has 0 radical (unpaired) electrons. The number of rotatable bonds is 4. The number of thioether (sulfide) groups is 1. The van der Waals surface area contributed by atoms with Crippen LogP contribution in [0.3, 0.4) is 0 Å². The van der Waals surface area contributed by atoms with Gasteiger partial charge in [0.15, 0.2) is 0 Å². The molecule has 1 amide bonds. The van der Waals surface area contributed by atoms with Crippen LogP contribution in [0.1, 0.15) is 16.9 Å². The number of nitrogens with one attached hydrogen (secondary N) is 2. The number of amides is 1. The van der Waals surface area contributed by atoms with Crippen molar-refractivity contribution < 1.29 is 4.79 Å². The molecular weight excluding hydrogens is 234 g/mol. The molecule has 0 saturated carbocycles. The lowest BCUT2D eigenvalue weighted by Gasteiger charge is -2.11. The summed E-state index contributed by atoms with van der Waals surface area (Å²) in [6, 6.07) is 3.69. The molecule has 17 heavy (non-hydrogen) atoms. The van der Waals surface area contributed by atoms with Gasteiger partial charge in [-0.25, -0.2) is 0 Å². The second kappa shape index (κ2) is 5.91. The van der Waals surface area contributed by atoms with E-state index in [2.05, 4.69) is 15.6 Å². The van der Waals surface area contributed by atoms with Gasteiger partial charge >= 0.3 is 0 Å². The highest BCUT2D eigenvalue weighted by Gasteiger charge is 2.15. The summed E-state index contributed by atoms with van der Waals surface area (Å²) in [7, 11) is 1.61. The van der Waals surface area contributed by atoms with E-state index in [9.17, 15) is 4.79 Å². The summed E-state index contributed by atoms with van der Waals surface area (Å²) in [6.45, 7) is 0.976. The van der Waals surface area contributed by atoms with Crippen LogP contribution in [0.5, 0.6) is 0 Å². The Bertz CT molecular complexity index is 391. The summed E-state index contributed by atoms with van der Waals surface area (Å²) in [4.78, 5) is 15.5. The molecule has 2 rings (SSSR count). The van der Waals surface area contributed by atoms with E-state index in [0.717, 1.165) is 18.2 Å². The molecule has 2 N–H and O–H groups in total. The largest absolute Gasteiger partial charge is 0.385 e. The fraction of sp³-hybridized carbons (Fsp3) is 0.500. The van der Waals surface area contributed by atoms with E-state index in [-0.39, 0.29) is 5.91 Å². The van der Waals surface area contributed by atoms with E-state index in [0.29, 0.717) is 5.69 Å². The Kier molecular flexibility index (Phi) is 4.25. The summed E-state index contributed by atoms with van der Waals surface area (Å²) in [6.07, 6.45) is 2.95. The Labute approximate surface area is 106 Å². The highest BCUT2D eigenvalue weighted by atomic mass is 32.2. The standard InChI is InChI=1S/C12H17N3OS/c1-13-12(16)11-6-10(2-4-14-11)15-7-9-3-5-17-8-9/h2,4,6,9H,3,5,7-8H2,1H3,(H,13,16)(H,14,15). The maximum atomic E-state index is 11.4. The fourth-order valence-corrected chi connectivity index (χ4v) is 3.08. The van der Waals surface area contributed by atoms with E-state index in [1.54, 1.807) is 19.3 Å². The zero-order valence-electron chi connectivity index (χ0n) is 9.90. The number of hydrogen-bond acceptors (Lipinski definition) is 4. The molecule has 1 aliphatic heterocycles. The normalized spacial score (nSPS) is 19.0. The monoisotopic (exact) mass is 251 g/mol. The van der Waals surface area contributed by atoms with Crippen molar-refractivity contribution in [3.63, 3.8) is 0 Å². The first-order valence-electron chi connectivity index (χ1n) is 5.79. The van der Waals surface area contributed by atoms with Crippen LogP contribution < -0.4 is 10.6 Å². The third-order valence-corrected chi connectivity index (χ3v) is 4.07. The Balaban J connectivity index is 1.93. The predicted octanol–water partition coefficient (Wildman–Crippen LogP) is 1.61. The number of carbonyl (C=O) groups is 1.